The lowest BCUT2D eigenvalue weighted by molar-refractivity contribution is -0.137. The van der Waals surface area contributed by atoms with Gasteiger partial charge in [0.05, 0.1) is 5.56 Å². The molecule has 1 aliphatic rings. The molecule has 0 amide bonds. The first-order valence-corrected chi connectivity index (χ1v) is 10.6. The maximum absolute atomic E-state index is 13.2. The van der Waals surface area contributed by atoms with Crippen LogP contribution in [0.3, 0.4) is 0 Å². The zero-order chi connectivity index (χ0) is 21.7. The first-order valence-electron chi connectivity index (χ1n) is 10.6. The molecule has 4 heteroatoms. The molecule has 160 valence electrons. The number of hydrogen-bond donors (Lipinski definition) is 0. The Labute approximate surface area is 173 Å². The van der Waals surface area contributed by atoms with Crippen molar-refractivity contribution in [3.8, 4) is 0 Å². The number of halogens is 3. The third-order valence-electron chi connectivity index (χ3n) is 5.94. The van der Waals surface area contributed by atoms with E-state index in [1.807, 2.05) is 20.8 Å². The van der Waals surface area contributed by atoms with Crippen LogP contribution in [0, 0.1) is 17.3 Å². The van der Waals surface area contributed by atoms with Gasteiger partial charge in [-0.15, -0.1) is 0 Å². The van der Waals surface area contributed by atoms with Crippen LogP contribution < -0.4 is 0 Å². The van der Waals surface area contributed by atoms with Crippen molar-refractivity contribution in [1.29, 1.82) is 0 Å². The number of carbonyl (C=O) groups is 1. The molecule has 0 aliphatic heterocycles. The summed E-state index contributed by atoms with van der Waals surface area (Å²) in [5, 5.41) is 0. The lowest BCUT2D eigenvalue weighted by atomic mass is 9.69. The van der Waals surface area contributed by atoms with Crippen molar-refractivity contribution >= 4 is 5.78 Å². The van der Waals surface area contributed by atoms with Crippen molar-refractivity contribution in [2.45, 2.75) is 72.4 Å². The quantitative estimate of drug-likeness (QED) is 0.427. The molecule has 29 heavy (non-hydrogen) atoms. The van der Waals surface area contributed by atoms with E-state index in [0.29, 0.717) is 17.9 Å². The molecule has 0 spiro atoms. The van der Waals surface area contributed by atoms with Gasteiger partial charge in [0, 0.05) is 11.3 Å². The Bertz CT molecular complexity index is 748. The van der Waals surface area contributed by atoms with Crippen LogP contribution in [0.5, 0.6) is 0 Å². The highest BCUT2D eigenvalue weighted by molar-refractivity contribution is 5.86. The molecular weight excluding hydrogens is 373 g/mol. The fraction of sp³-hybridized carbons (Fsp3) is 0.560. The molecule has 1 aliphatic carbocycles. The average Bonchev–Trinajstić information content (AvgIpc) is 2.66. The van der Waals surface area contributed by atoms with Crippen molar-refractivity contribution in [3.05, 3.63) is 59.2 Å². The molecule has 0 bridgehead atoms. The van der Waals surface area contributed by atoms with Crippen molar-refractivity contribution in [2.75, 3.05) is 0 Å². The highest BCUT2D eigenvalue weighted by atomic mass is 19.4. The van der Waals surface area contributed by atoms with Crippen molar-refractivity contribution in [1.82, 2.24) is 0 Å². The van der Waals surface area contributed by atoms with Gasteiger partial charge in [-0.3, -0.25) is 4.79 Å². The van der Waals surface area contributed by atoms with E-state index in [2.05, 4.69) is 25.2 Å². The smallest absolute Gasteiger partial charge is 0.299 e. The Balaban J connectivity index is 2.04. The molecule has 0 N–H and O–H groups in total. The largest absolute Gasteiger partial charge is 0.416 e. The van der Waals surface area contributed by atoms with Crippen LogP contribution in [0.1, 0.15) is 70.9 Å². The molecule has 0 unspecified atom stereocenters. The van der Waals surface area contributed by atoms with Gasteiger partial charge in [-0.05, 0) is 68.6 Å². The second kappa shape index (κ2) is 9.77. The van der Waals surface area contributed by atoms with E-state index >= 15 is 0 Å². The summed E-state index contributed by atoms with van der Waals surface area (Å²) < 4.78 is 39.0. The van der Waals surface area contributed by atoms with Gasteiger partial charge in [0.1, 0.15) is 5.78 Å². The monoisotopic (exact) mass is 406 g/mol. The highest BCUT2D eigenvalue weighted by Crippen LogP contribution is 2.39. The van der Waals surface area contributed by atoms with Crippen LogP contribution in [0.25, 0.3) is 0 Å². The molecule has 1 aromatic rings. The van der Waals surface area contributed by atoms with Crippen LogP contribution >= 0.6 is 0 Å². The zero-order valence-corrected chi connectivity index (χ0v) is 18.0. The van der Waals surface area contributed by atoms with Gasteiger partial charge in [-0.1, -0.05) is 57.2 Å². The Morgan fingerprint density at radius 3 is 2.28 bits per heavy atom. The first kappa shape index (κ1) is 23.4. The maximum atomic E-state index is 13.2. The van der Waals surface area contributed by atoms with Crippen molar-refractivity contribution in [2.24, 2.45) is 17.3 Å². The van der Waals surface area contributed by atoms with E-state index in [-0.39, 0.29) is 11.7 Å². The predicted molar refractivity (Wildman–Crippen MR) is 113 cm³/mol. The molecule has 2 rings (SSSR count). The van der Waals surface area contributed by atoms with E-state index in [1.165, 1.54) is 17.7 Å². The molecule has 0 aromatic heterocycles. The normalized spacial score (nSPS) is 21.6. The Morgan fingerprint density at radius 1 is 1.10 bits per heavy atom. The number of rotatable bonds is 7. The molecule has 1 saturated carbocycles. The number of benzene rings is 1. The summed E-state index contributed by atoms with van der Waals surface area (Å²) in [5.41, 5.74) is 0.600. The van der Waals surface area contributed by atoms with Crippen LogP contribution in [-0.2, 0) is 17.4 Å². The summed E-state index contributed by atoms with van der Waals surface area (Å²) in [4.78, 5) is 13.2. The number of ketones is 1. The molecule has 1 fully saturated rings. The molecular formula is C25H33F3O. The van der Waals surface area contributed by atoms with E-state index < -0.39 is 17.2 Å². The van der Waals surface area contributed by atoms with Crippen LogP contribution in [0.2, 0.25) is 0 Å². The highest BCUT2D eigenvalue weighted by Gasteiger charge is 2.37. The molecule has 1 nitrogen and oxygen atoms in total. The lowest BCUT2D eigenvalue weighted by Crippen LogP contribution is -2.35. The number of hydrogen-bond acceptors (Lipinski definition) is 1. The third kappa shape index (κ3) is 6.32. The van der Waals surface area contributed by atoms with Crippen LogP contribution in [-0.4, -0.2) is 5.78 Å². The summed E-state index contributed by atoms with van der Waals surface area (Å²) >= 11 is 0. The Hall–Kier alpha value is -1.84. The minimum absolute atomic E-state index is 0.000492. The van der Waals surface area contributed by atoms with Crippen LogP contribution in [0.15, 0.2) is 48.1 Å². The molecule has 0 heterocycles. The predicted octanol–water partition coefficient (Wildman–Crippen LogP) is 7.56. The van der Waals surface area contributed by atoms with E-state index in [9.17, 15) is 18.0 Å². The first-order chi connectivity index (χ1) is 13.6. The maximum Gasteiger partial charge on any atom is 0.416 e. The minimum Gasteiger partial charge on any atom is -0.299 e. The molecule has 0 atom stereocenters. The summed E-state index contributed by atoms with van der Waals surface area (Å²) in [6.07, 6.45) is 7.17. The van der Waals surface area contributed by atoms with Gasteiger partial charge in [-0.2, -0.15) is 13.2 Å². The fourth-order valence-corrected chi connectivity index (χ4v) is 4.50. The third-order valence-corrected chi connectivity index (χ3v) is 5.94. The van der Waals surface area contributed by atoms with E-state index in [4.69, 9.17) is 0 Å². The van der Waals surface area contributed by atoms with Gasteiger partial charge < -0.3 is 0 Å². The number of allylic oxidation sites excluding steroid dienone is 4. The minimum atomic E-state index is -4.36. The number of alkyl halides is 3. The fourth-order valence-electron chi connectivity index (χ4n) is 4.50. The zero-order valence-electron chi connectivity index (χ0n) is 18.0. The topological polar surface area (TPSA) is 17.1 Å². The molecule has 0 saturated heterocycles. The van der Waals surface area contributed by atoms with Crippen molar-refractivity contribution in [3.63, 3.8) is 0 Å². The lowest BCUT2D eigenvalue weighted by Gasteiger charge is -2.34. The Kier molecular flexibility index (Phi) is 7.90. The van der Waals surface area contributed by atoms with Gasteiger partial charge in [0.2, 0.25) is 0 Å². The number of carbonyl (C=O) groups excluding carboxylic acids is 1. The SMILES string of the molecule is C/C=C\C(=C/CC)C1CCC(C(=O)C(C)(C)Cc2cccc(C(F)(F)F)c2)CC1. The van der Waals surface area contributed by atoms with Gasteiger partial charge in [0.25, 0.3) is 0 Å². The van der Waals surface area contributed by atoms with E-state index in [0.717, 1.165) is 38.2 Å². The average molecular weight is 407 g/mol. The second-order valence-electron chi connectivity index (χ2n) is 8.78. The summed E-state index contributed by atoms with van der Waals surface area (Å²) in [7, 11) is 0. The number of Topliss-reactive ketones (excluding diaryl/α,β-unsaturated/α-hetero) is 1. The Morgan fingerprint density at radius 2 is 1.72 bits per heavy atom. The van der Waals surface area contributed by atoms with Crippen molar-refractivity contribution < 1.29 is 18.0 Å². The second-order valence-corrected chi connectivity index (χ2v) is 8.78. The van der Waals surface area contributed by atoms with Gasteiger partial charge >= 0.3 is 6.18 Å². The summed E-state index contributed by atoms with van der Waals surface area (Å²) in [6, 6.07) is 5.35. The summed E-state index contributed by atoms with van der Waals surface area (Å²) in [6.45, 7) is 7.89. The summed E-state index contributed by atoms with van der Waals surface area (Å²) in [5.74, 6) is 0.683. The molecule has 0 radical (unpaired) electrons. The van der Waals surface area contributed by atoms with Crippen LogP contribution in [0.4, 0.5) is 13.2 Å². The standard InChI is InChI=1S/C25H33F3O/c1-5-8-19(9-6-2)20-12-14-21(15-13-20)23(29)24(3,4)17-18-10-7-11-22(16-18)25(26,27)28/h5,7-11,16,20-21H,6,12-15,17H2,1-4H3/b8-5-,19-9+. The molecule has 1 aromatic carbocycles. The van der Waals surface area contributed by atoms with Gasteiger partial charge in [-0.25, -0.2) is 0 Å². The van der Waals surface area contributed by atoms with Gasteiger partial charge in [0.15, 0.2) is 0 Å². The van der Waals surface area contributed by atoms with E-state index in [1.54, 1.807) is 6.07 Å².